The van der Waals surface area contributed by atoms with Crippen molar-refractivity contribution in [3.63, 3.8) is 0 Å². The molecule has 1 aromatic carbocycles. The van der Waals surface area contributed by atoms with Gasteiger partial charge in [-0.25, -0.2) is 0 Å². The van der Waals surface area contributed by atoms with Gasteiger partial charge in [0.2, 0.25) is 0 Å². The summed E-state index contributed by atoms with van der Waals surface area (Å²) < 4.78 is 1.16. The molecule has 2 heteroatoms. The quantitative estimate of drug-likeness (QED) is 0.742. The highest BCUT2D eigenvalue weighted by Crippen LogP contribution is 2.15. The molecule has 0 heterocycles. The van der Waals surface area contributed by atoms with E-state index in [0.29, 0.717) is 0 Å². The third kappa shape index (κ3) is 2.88. The van der Waals surface area contributed by atoms with E-state index in [0.717, 1.165) is 16.6 Å². The number of thiol groups is 1. The first-order valence-corrected chi connectivity index (χ1v) is 5.02. The van der Waals surface area contributed by atoms with E-state index in [1.807, 2.05) is 0 Å². The number of aryl methyl sites for hydroxylation is 2. The Bertz CT molecular complexity index is 225. The van der Waals surface area contributed by atoms with Crippen molar-refractivity contribution in [1.82, 2.24) is 0 Å². The Morgan fingerprint density at radius 2 is 2.09 bits per heavy atom. The standard InChI is InChI=1S/C9H11BrS/c1-7-4-8(2-3-11)6-9(10)5-7/h4-6,11H,2-3H2,1H3. The molecule has 1 rings (SSSR count). The lowest BCUT2D eigenvalue weighted by Gasteiger charge is -2.00. The summed E-state index contributed by atoms with van der Waals surface area (Å²) in [6, 6.07) is 6.45. The van der Waals surface area contributed by atoms with Crippen molar-refractivity contribution >= 4 is 28.6 Å². The minimum atomic E-state index is 0.913. The summed E-state index contributed by atoms with van der Waals surface area (Å²) in [5, 5.41) is 0. The second-order valence-corrected chi connectivity index (χ2v) is 3.97. The number of hydrogen-bond acceptors (Lipinski definition) is 1. The molecule has 0 radical (unpaired) electrons. The molecular weight excluding hydrogens is 220 g/mol. The summed E-state index contributed by atoms with van der Waals surface area (Å²) in [5.74, 6) is 0.913. The van der Waals surface area contributed by atoms with Gasteiger partial charge in [-0.05, 0) is 42.4 Å². The van der Waals surface area contributed by atoms with Gasteiger partial charge in [0.25, 0.3) is 0 Å². The van der Waals surface area contributed by atoms with Crippen LogP contribution in [-0.2, 0) is 6.42 Å². The predicted molar refractivity (Wildman–Crippen MR) is 56.4 cm³/mol. The van der Waals surface area contributed by atoms with Crippen molar-refractivity contribution in [2.45, 2.75) is 13.3 Å². The molecule has 0 aliphatic heterocycles. The molecule has 0 aliphatic rings. The SMILES string of the molecule is Cc1cc(Br)cc(CCS)c1. The van der Waals surface area contributed by atoms with Gasteiger partial charge in [-0.1, -0.05) is 22.0 Å². The molecule has 1 aromatic rings. The van der Waals surface area contributed by atoms with Gasteiger partial charge in [0, 0.05) is 4.47 Å². The topological polar surface area (TPSA) is 0 Å². The molecular formula is C9H11BrS. The highest BCUT2D eigenvalue weighted by Gasteiger charge is 1.94. The van der Waals surface area contributed by atoms with Crippen LogP contribution in [0.3, 0.4) is 0 Å². The maximum atomic E-state index is 4.19. The minimum Gasteiger partial charge on any atom is -0.179 e. The van der Waals surface area contributed by atoms with Crippen LogP contribution in [-0.4, -0.2) is 5.75 Å². The first-order chi connectivity index (χ1) is 5.22. The first kappa shape index (κ1) is 9.14. The molecule has 0 bridgehead atoms. The van der Waals surface area contributed by atoms with E-state index in [2.05, 4.69) is 53.7 Å². The Morgan fingerprint density at radius 3 is 2.64 bits per heavy atom. The number of benzene rings is 1. The van der Waals surface area contributed by atoms with Crippen LogP contribution in [0.25, 0.3) is 0 Å². The molecule has 0 saturated carbocycles. The van der Waals surface area contributed by atoms with Gasteiger partial charge in [0.05, 0.1) is 0 Å². The van der Waals surface area contributed by atoms with Gasteiger partial charge in [-0.15, -0.1) is 0 Å². The van der Waals surface area contributed by atoms with Crippen LogP contribution in [0, 0.1) is 6.92 Å². The van der Waals surface area contributed by atoms with Gasteiger partial charge in [-0.2, -0.15) is 12.6 Å². The van der Waals surface area contributed by atoms with Crippen LogP contribution in [0.2, 0.25) is 0 Å². The zero-order chi connectivity index (χ0) is 8.27. The van der Waals surface area contributed by atoms with Crippen molar-refractivity contribution in [2.75, 3.05) is 5.75 Å². The highest BCUT2D eigenvalue weighted by molar-refractivity contribution is 9.10. The number of hydrogen-bond donors (Lipinski definition) is 1. The average molecular weight is 231 g/mol. The molecule has 0 saturated heterocycles. The van der Waals surface area contributed by atoms with E-state index in [-0.39, 0.29) is 0 Å². The predicted octanol–water partition coefficient (Wildman–Crippen LogP) is 3.23. The molecule has 0 nitrogen and oxygen atoms in total. The van der Waals surface area contributed by atoms with E-state index in [4.69, 9.17) is 0 Å². The van der Waals surface area contributed by atoms with E-state index in [9.17, 15) is 0 Å². The van der Waals surface area contributed by atoms with Crippen LogP contribution in [0.1, 0.15) is 11.1 Å². The summed E-state index contributed by atoms with van der Waals surface area (Å²) in [7, 11) is 0. The molecule has 0 atom stereocenters. The van der Waals surface area contributed by atoms with E-state index in [1.54, 1.807) is 0 Å². The highest BCUT2D eigenvalue weighted by atomic mass is 79.9. The molecule has 11 heavy (non-hydrogen) atoms. The fourth-order valence-electron chi connectivity index (χ4n) is 1.09. The van der Waals surface area contributed by atoms with Crippen LogP contribution in [0.15, 0.2) is 22.7 Å². The summed E-state index contributed by atoms with van der Waals surface area (Å²) in [4.78, 5) is 0. The third-order valence-electron chi connectivity index (χ3n) is 1.50. The van der Waals surface area contributed by atoms with Crippen molar-refractivity contribution in [1.29, 1.82) is 0 Å². The minimum absolute atomic E-state index is 0.913. The van der Waals surface area contributed by atoms with E-state index in [1.165, 1.54) is 11.1 Å². The molecule has 0 amide bonds. The summed E-state index contributed by atoms with van der Waals surface area (Å²) >= 11 is 7.64. The number of halogens is 1. The van der Waals surface area contributed by atoms with Gasteiger partial charge in [-0.3, -0.25) is 0 Å². The Balaban J connectivity index is 2.89. The van der Waals surface area contributed by atoms with Crippen molar-refractivity contribution < 1.29 is 0 Å². The van der Waals surface area contributed by atoms with Crippen molar-refractivity contribution in [3.8, 4) is 0 Å². The van der Waals surface area contributed by atoms with Crippen molar-refractivity contribution in [2.24, 2.45) is 0 Å². The summed E-state index contributed by atoms with van der Waals surface area (Å²) in [5.41, 5.74) is 2.66. The maximum absolute atomic E-state index is 4.19. The second-order valence-electron chi connectivity index (χ2n) is 2.61. The monoisotopic (exact) mass is 230 g/mol. The summed E-state index contributed by atoms with van der Waals surface area (Å²) in [6.07, 6.45) is 1.05. The Hall–Kier alpha value is 0.0500. The second kappa shape index (κ2) is 4.17. The third-order valence-corrected chi connectivity index (χ3v) is 2.18. The lowest BCUT2D eigenvalue weighted by atomic mass is 10.1. The van der Waals surface area contributed by atoms with E-state index >= 15 is 0 Å². The van der Waals surface area contributed by atoms with Gasteiger partial charge < -0.3 is 0 Å². The molecule has 0 unspecified atom stereocenters. The fourth-order valence-corrected chi connectivity index (χ4v) is 2.00. The Kier molecular flexibility index (Phi) is 3.46. The average Bonchev–Trinajstić information content (AvgIpc) is 1.85. The zero-order valence-corrected chi connectivity index (χ0v) is 8.95. The molecule has 0 N–H and O–H groups in total. The van der Waals surface area contributed by atoms with Crippen LogP contribution < -0.4 is 0 Å². The van der Waals surface area contributed by atoms with Gasteiger partial charge >= 0.3 is 0 Å². The first-order valence-electron chi connectivity index (χ1n) is 3.59. The zero-order valence-electron chi connectivity index (χ0n) is 6.47. The van der Waals surface area contributed by atoms with Crippen LogP contribution >= 0.6 is 28.6 Å². The fraction of sp³-hybridized carbons (Fsp3) is 0.333. The van der Waals surface area contributed by atoms with Gasteiger partial charge in [0.1, 0.15) is 0 Å². The maximum Gasteiger partial charge on any atom is 0.0180 e. The van der Waals surface area contributed by atoms with E-state index < -0.39 is 0 Å². The van der Waals surface area contributed by atoms with Crippen LogP contribution in [0.5, 0.6) is 0 Å². The molecule has 0 aromatic heterocycles. The molecule has 0 spiro atoms. The largest absolute Gasteiger partial charge is 0.179 e. The summed E-state index contributed by atoms with van der Waals surface area (Å²) in [6.45, 7) is 2.10. The Labute approximate surface area is 81.5 Å². The normalized spacial score (nSPS) is 10.1. The molecule has 0 aliphatic carbocycles. The molecule has 60 valence electrons. The molecule has 0 fully saturated rings. The van der Waals surface area contributed by atoms with Crippen LogP contribution in [0.4, 0.5) is 0 Å². The Morgan fingerprint density at radius 1 is 1.36 bits per heavy atom. The van der Waals surface area contributed by atoms with Gasteiger partial charge in [0.15, 0.2) is 0 Å². The lowest BCUT2D eigenvalue weighted by molar-refractivity contribution is 1.15. The lowest BCUT2D eigenvalue weighted by Crippen LogP contribution is -1.86. The smallest absolute Gasteiger partial charge is 0.0180 e. The van der Waals surface area contributed by atoms with Crippen molar-refractivity contribution in [3.05, 3.63) is 33.8 Å². The number of rotatable bonds is 2.